The van der Waals surface area contributed by atoms with Crippen LogP contribution in [0.1, 0.15) is 20.7 Å². The van der Waals surface area contributed by atoms with Crippen LogP contribution in [0.2, 0.25) is 0 Å². The number of nitrogens with one attached hydrogen (secondary N) is 2. The summed E-state index contributed by atoms with van der Waals surface area (Å²) in [6, 6.07) is 11.1. The van der Waals surface area contributed by atoms with Gasteiger partial charge in [-0.3, -0.25) is 9.59 Å². The lowest BCUT2D eigenvalue weighted by molar-refractivity contribution is -0.119. The molecule has 0 spiro atoms. The molecular formula is C18H17BrN2O5. The molecule has 136 valence electrons. The fraction of sp³-hybridized carbons (Fsp3) is 0.167. The van der Waals surface area contributed by atoms with E-state index in [9.17, 15) is 14.4 Å². The molecule has 26 heavy (non-hydrogen) atoms. The smallest absolute Gasteiger partial charge is 0.338 e. The topological polar surface area (TPSA) is 93.7 Å². The maximum Gasteiger partial charge on any atom is 0.338 e. The van der Waals surface area contributed by atoms with Crippen LogP contribution in [0, 0.1) is 0 Å². The van der Waals surface area contributed by atoms with Crippen molar-refractivity contribution < 1.29 is 23.9 Å². The summed E-state index contributed by atoms with van der Waals surface area (Å²) in [5.41, 5.74) is 1.12. The molecule has 0 radical (unpaired) electrons. The summed E-state index contributed by atoms with van der Waals surface area (Å²) in [5, 5.41) is 5.07. The summed E-state index contributed by atoms with van der Waals surface area (Å²) in [7, 11) is 3.03. The van der Waals surface area contributed by atoms with Gasteiger partial charge in [0.05, 0.1) is 17.1 Å². The lowest BCUT2D eigenvalue weighted by Gasteiger charge is -2.09. The van der Waals surface area contributed by atoms with Crippen LogP contribution in [0.5, 0.6) is 5.75 Å². The van der Waals surface area contributed by atoms with Crippen LogP contribution in [0.4, 0.5) is 5.69 Å². The average molecular weight is 421 g/mol. The maximum atomic E-state index is 12.0. The van der Waals surface area contributed by atoms with Crippen molar-refractivity contribution in [3.05, 3.63) is 58.1 Å². The van der Waals surface area contributed by atoms with E-state index in [1.165, 1.54) is 26.3 Å². The van der Waals surface area contributed by atoms with Gasteiger partial charge in [-0.15, -0.1) is 0 Å². The van der Waals surface area contributed by atoms with Crippen LogP contribution < -0.4 is 15.4 Å². The van der Waals surface area contributed by atoms with Gasteiger partial charge in [-0.1, -0.05) is 6.07 Å². The molecule has 0 heterocycles. The maximum absolute atomic E-state index is 12.0. The number of esters is 1. The van der Waals surface area contributed by atoms with Crippen LogP contribution in [-0.2, 0) is 9.53 Å². The molecule has 0 unspecified atom stereocenters. The van der Waals surface area contributed by atoms with Crippen LogP contribution in [0.15, 0.2) is 46.9 Å². The highest BCUT2D eigenvalue weighted by atomic mass is 79.9. The Balaban J connectivity index is 1.93. The summed E-state index contributed by atoms with van der Waals surface area (Å²) in [4.78, 5) is 35.6. The Labute approximate surface area is 158 Å². The molecule has 0 saturated heterocycles. The minimum Gasteiger partial charge on any atom is -0.496 e. The number of anilines is 1. The van der Waals surface area contributed by atoms with E-state index >= 15 is 0 Å². The fourth-order valence-electron chi connectivity index (χ4n) is 2.09. The van der Waals surface area contributed by atoms with Crippen molar-refractivity contribution in [1.82, 2.24) is 5.32 Å². The number of halogens is 1. The van der Waals surface area contributed by atoms with E-state index in [1.807, 2.05) is 0 Å². The van der Waals surface area contributed by atoms with Gasteiger partial charge >= 0.3 is 5.97 Å². The Kier molecular flexibility index (Phi) is 6.74. The molecule has 2 rings (SSSR count). The predicted octanol–water partition coefficient (Wildman–Crippen LogP) is 2.61. The summed E-state index contributed by atoms with van der Waals surface area (Å²) in [5.74, 6) is -0.838. The average Bonchev–Trinajstić information content (AvgIpc) is 2.65. The van der Waals surface area contributed by atoms with Crippen molar-refractivity contribution in [3.8, 4) is 5.75 Å². The van der Waals surface area contributed by atoms with E-state index in [-0.39, 0.29) is 11.5 Å². The molecule has 0 aliphatic rings. The van der Waals surface area contributed by atoms with E-state index < -0.39 is 18.5 Å². The highest BCUT2D eigenvalue weighted by Gasteiger charge is 2.13. The molecule has 0 aliphatic heterocycles. The zero-order valence-corrected chi connectivity index (χ0v) is 15.8. The van der Waals surface area contributed by atoms with Gasteiger partial charge in [-0.2, -0.15) is 0 Å². The number of hydrogen-bond acceptors (Lipinski definition) is 5. The molecule has 0 aromatic heterocycles. The zero-order valence-electron chi connectivity index (χ0n) is 14.2. The number of carbonyl (C=O) groups excluding carboxylic acids is 3. The van der Waals surface area contributed by atoms with Gasteiger partial charge in [0.2, 0.25) is 0 Å². The van der Waals surface area contributed by atoms with Gasteiger partial charge in [0.25, 0.3) is 11.8 Å². The van der Waals surface area contributed by atoms with Crippen molar-refractivity contribution >= 4 is 39.4 Å². The third-order valence-corrected chi connectivity index (χ3v) is 3.98. The Morgan fingerprint density at radius 2 is 1.85 bits per heavy atom. The highest BCUT2D eigenvalue weighted by molar-refractivity contribution is 9.10. The molecule has 2 aromatic rings. The molecule has 7 nitrogen and oxygen atoms in total. The summed E-state index contributed by atoms with van der Waals surface area (Å²) >= 11 is 3.28. The largest absolute Gasteiger partial charge is 0.496 e. The minimum atomic E-state index is -0.636. The number of hydrogen-bond donors (Lipinski definition) is 2. The number of amides is 2. The lowest BCUT2D eigenvalue weighted by Crippen LogP contribution is -2.22. The Morgan fingerprint density at radius 1 is 1.08 bits per heavy atom. The van der Waals surface area contributed by atoms with Gasteiger partial charge in [-0.25, -0.2) is 4.79 Å². The van der Waals surface area contributed by atoms with Crippen LogP contribution in [-0.4, -0.2) is 38.5 Å². The van der Waals surface area contributed by atoms with Crippen molar-refractivity contribution in [2.45, 2.75) is 0 Å². The molecule has 0 saturated carbocycles. The molecule has 0 fully saturated rings. The van der Waals surface area contributed by atoms with E-state index in [4.69, 9.17) is 9.47 Å². The van der Waals surface area contributed by atoms with Gasteiger partial charge in [-0.05, 0) is 52.3 Å². The molecule has 2 N–H and O–H groups in total. The summed E-state index contributed by atoms with van der Waals surface area (Å²) < 4.78 is 10.7. The van der Waals surface area contributed by atoms with Crippen LogP contribution in [0.3, 0.4) is 0 Å². The Hall–Kier alpha value is -2.87. The Bertz CT molecular complexity index is 838. The molecule has 8 heteroatoms. The normalized spacial score (nSPS) is 9.96. The molecule has 2 amide bonds. The second-order valence-corrected chi connectivity index (χ2v) is 5.99. The predicted molar refractivity (Wildman–Crippen MR) is 99.4 cm³/mol. The quantitative estimate of drug-likeness (QED) is 0.700. The van der Waals surface area contributed by atoms with E-state index in [0.717, 1.165) is 0 Å². The zero-order chi connectivity index (χ0) is 19.1. The number of ether oxygens (including phenoxy) is 2. The molecule has 2 aromatic carbocycles. The highest BCUT2D eigenvalue weighted by Crippen LogP contribution is 2.25. The van der Waals surface area contributed by atoms with Crippen molar-refractivity contribution in [1.29, 1.82) is 0 Å². The van der Waals surface area contributed by atoms with E-state index in [2.05, 4.69) is 26.6 Å². The lowest BCUT2D eigenvalue weighted by atomic mass is 10.2. The fourth-order valence-corrected chi connectivity index (χ4v) is 2.63. The monoisotopic (exact) mass is 420 g/mol. The SMILES string of the molecule is CNC(=O)c1cccc(NC(=O)COC(=O)c2ccc(OC)c(Br)c2)c1. The van der Waals surface area contributed by atoms with Gasteiger partial charge in [0.15, 0.2) is 6.61 Å². The van der Waals surface area contributed by atoms with Gasteiger partial charge < -0.3 is 20.1 Å². The first-order valence-corrected chi connectivity index (χ1v) is 8.36. The van der Waals surface area contributed by atoms with Crippen LogP contribution >= 0.6 is 15.9 Å². The third kappa shape index (κ3) is 5.06. The molecule has 0 bridgehead atoms. The van der Waals surface area contributed by atoms with Crippen molar-refractivity contribution in [2.75, 3.05) is 26.1 Å². The molecular weight excluding hydrogens is 404 g/mol. The first kappa shape index (κ1) is 19.5. The Morgan fingerprint density at radius 3 is 2.50 bits per heavy atom. The number of benzene rings is 2. The second-order valence-electron chi connectivity index (χ2n) is 5.13. The van der Waals surface area contributed by atoms with Gasteiger partial charge in [0, 0.05) is 18.3 Å². The molecule has 0 atom stereocenters. The first-order valence-electron chi connectivity index (χ1n) is 7.57. The van der Waals surface area contributed by atoms with E-state index in [0.29, 0.717) is 21.5 Å². The number of rotatable bonds is 6. The van der Waals surface area contributed by atoms with Crippen LogP contribution in [0.25, 0.3) is 0 Å². The number of methoxy groups -OCH3 is 1. The third-order valence-electron chi connectivity index (χ3n) is 3.36. The van der Waals surface area contributed by atoms with Crippen molar-refractivity contribution in [3.63, 3.8) is 0 Å². The molecule has 0 aliphatic carbocycles. The summed E-state index contributed by atoms with van der Waals surface area (Å²) in [6.07, 6.45) is 0. The minimum absolute atomic E-state index is 0.266. The standard InChI is InChI=1S/C18H17BrN2O5/c1-20-17(23)11-4-3-5-13(8-11)21-16(22)10-26-18(24)12-6-7-15(25-2)14(19)9-12/h3-9H,10H2,1-2H3,(H,20,23)(H,21,22). The van der Waals surface area contributed by atoms with Gasteiger partial charge in [0.1, 0.15) is 5.75 Å². The van der Waals surface area contributed by atoms with E-state index in [1.54, 1.807) is 30.3 Å². The first-order chi connectivity index (χ1) is 12.4. The number of carbonyl (C=O) groups is 3. The van der Waals surface area contributed by atoms with Crippen molar-refractivity contribution in [2.24, 2.45) is 0 Å². The summed E-state index contributed by atoms with van der Waals surface area (Å²) in [6.45, 7) is -0.452. The second kappa shape index (κ2) is 9.00.